The molecule has 1 fully saturated rings. The molecule has 1 aliphatic heterocycles. The minimum atomic E-state index is -4.43. The van der Waals surface area contributed by atoms with Crippen LogP contribution in [0.5, 0.6) is 0 Å². The fourth-order valence-electron chi connectivity index (χ4n) is 2.60. The monoisotopic (exact) mass is 338 g/mol. The van der Waals surface area contributed by atoms with E-state index in [1.165, 1.54) is 17.0 Å². The summed E-state index contributed by atoms with van der Waals surface area (Å²) >= 11 is 0. The largest absolute Gasteiger partial charge is 0.416 e. The molecule has 1 heterocycles. The molecule has 0 aromatic heterocycles. The molecule has 2 amide bonds. The molecule has 128 valence electrons. The quantitative estimate of drug-likeness (QED) is 0.842. The molecule has 0 aliphatic carbocycles. The number of likely N-dealkylation sites (tertiary alicyclic amines) is 1. The highest BCUT2D eigenvalue weighted by Crippen LogP contribution is 2.29. The number of amides is 2. The van der Waals surface area contributed by atoms with Crippen LogP contribution >= 0.6 is 0 Å². The van der Waals surface area contributed by atoms with Crippen molar-refractivity contribution in [3.05, 3.63) is 35.4 Å². The fraction of sp³-hybridized carbons (Fsp3) is 0.412. The van der Waals surface area contributed by atoms with Gasteiger partial charge in [-0.15, -0.1) is 0 Å². The van der Waals surface area contributed by atoms with Gasteiger partial charge in [0.25, 0.3) is 11.8 Å². The summed E-state index contributed by atoms with van der Waals surface area (Å²) in [5.41, 5.74) is -0.593. The van der Waals surface area contributed by atoms with Crippen molar-refractivity contribution < 1.29 is 22.8 Å². The maximum atomic E-state index is 12.6. The summed E-state index contributed by atoms with van der Waals surface area (Å²) < 4.78 is 37.7. The van der Waals surface area contributed by atoms with Crippen molar-refractivity contribution in [2.24, 2.45) is 0 Å². The highest BCUT2D eigenvalue weighted by molar-refractivity contribution is 5.95. The van der Waals surface area contributed by atoms with Gasteiger partial charge in [0.05, 0.1) is 5.56 Å². The summed E-state index contributed by atoms with van der Waals surface area (Å²) in [7, 11) is 0. The Morgan fingerprint density at radius 3 is 2.50 bits per heavy atom. The molecule has 1 atom stereocenters. The van der Waals surface area contributed by atoms with Crippen LogP contribution in [0.1, 0.15) is 35.7 Å². The van der Waals surface area contributed by atoms with Crippen molar-refractivity contribution in [2.45, 2.75) is 32.0 Å². The van der Waals surface area contributed by atoms with Crippen molar-refractivity contribution in [1.82, 2.24) is 10.2 Å². The molecule has 7 heteroatoms. The Bertz CT molecular complexity index is 672. The van der Waals surface area contributed by atoms with E-state index >= 15 is 0 Å². The van der Waals surface area contributed by atoms with Crippen molar-refractivity contribution in [2.75, 3.05) is 13.1 Å². The smallest absolute Gasteiger partial charge is 0.341 e. The summed E-state index contributed by atoms with van der Waals surface area (Å²) in [6, 6.07) is 3.94. The van der Waals surface area contributed by atoms with Crippen LogP contribution in [-0.2, 0) is 11.0 Å². The van der Waals surface area contributed by atoms with Gasteiger partial charge in [-0.25, -0.2) is 0 Å². The summed E-state index contributed by atoms with van der Waals surface area (Å²) in [4.78, 5) is 25.5. The Kier molecular flexibility index (Phi) is 5.50. The molecule has 1 N–H and O–H groups in total. The maximum absolute atomic E-state index is 12.6. The van der Waals surface area contributed by atoms with E-state index < -0.39 is 17.6 Å². The fourth-order valence-corrected chi connectivity index (χ4v) is 2.60. The molecular weight excluding hydrogens is 321 g/mol. The predicted octanol–water partition coefficient (Wildman–Crippen LogP) is 2.45. The zero-order chi connectivity index (χ0) is 17.7. The first-order chi connectivity index (χ1) is 11.3. The summed E-state index contributed by atoms with van der Waals surface area (Å²) in [5.74, 6) is 4.14. The third-order valence-electron chi connectivity index (χ3n) is 3.74. The van der Waals surface area contributed by atoms with E-state index in [0.29, 0.717) is 19.5 Å². The van der Waals surface area contributed by atoms with Gasteiger partial charge in [0, 0.05) is 24.7 Å². The molecule has 2 rings (SSSR count). The molecule has 4 nitrogen and oxygen atoms in total. The number of nitrogens with zero attached hydrogens (tertiary/aromatic N) is 1. The number of rotatable bonds is 2. The van der Waals surface area contributed by atoms with E-state index in [9.17, 15) is 22.8 Å². The minimum Gasteiger partial charge on any atom is -0.341 e. The zero-order valence-corrected chi connectivity index (χ0v) is 13.1. The second kappa shape index (κ2) is 7.39. The van der Waals surface area contributed by atoms with Crippen LogP contribution in [0, 0.1) is 11.8 Å². The molecule has 1 aromatic carbocycles. The first-order valence-electron chi connectivity index (χ1n) is 7.51. The first kappa shape index (κ1) is 17.9. The highest BCUT2D eigenvalue weighted by atomic mass is 19.4. The Balaban J connectivity index is 2.03. The molecule has 1 saturated heterocycles. The lowest BCUT2D eigenvalue weighted by Crippen LogP contribution is -2.49. The molecule has 0 bridgehead atoms. The van der Waals surface area contributed by atoms with E-state index in [1.807, 2.05) is 0 Å². The first-order valence-corrected chi connectivity index (χ1v) is 7.51. The molecule has 1 aliphatic rings. The normalized spacial score (nSPS) is 17.7. The van der Waals surface area contributed by atoms with Gasteiger partial charge in [0.1, 0.15) is 0 Å². The van der Waals surface area contributed by atoms with Crippen LogP contribution in [0.25, 0.3) is 0 Å². The van der Waals surface area contributed by atoms with Gasteiger partial charge in [-0.05, 0) is 50.0 Å². The van der Waals surface area contributed by atoms with Gasteiger partial charge < -0.3 is 10.2 Å². The topological polar surface area (TPSA) is 49.4 Å². The molecular formula is C17H17F3N2O2. The molecule has 0 radical (unpaired) electrons. The number of carbonyl (C=O) groups excluding carboxylic acids is 2. The van der Waals surface area contributed by atoms with Crippen LogP contribution < -0.4 is 5.32 Å². The number of benzene rings is 1. The second-order valence-corrected chi connectivity index (χ2v) is 5.51. The number of halogens is 3. The summed E-state index contributed by atoms with van der Waals surface area (Å²) in [5, 5.41) is 2.73. The van der Waals surface area contributed by atoms with Gasteiger partial charge in [0.15, 0.2) is 0 Å². The Morgan fingerprint density at radius 1 is 1.25 bits per heavy atom. The molecule has 1 unspecified atom stereocenters. The van der Waals surface area contributed by atoms with Crippen molar-refractivity contribution >= 4 is 11.8 Å². The minimum absolute atomic E-state index is 0.198. The van der Waals surface area contributed by atoms with Crippen LogP contribution in [-0.4, -0.2) is 35.8 Å². The SMILES string of the molecule is CC#CC(=O)NC1CCCN(C(=O)c2ccc(C(F)(F)F)cc2)C1. The third kappa shape index (κ3) is 4.51. The molecule has 1 aromatic rings. The number of hydrogen-bond donors (Lipinski definition) is 1. The lowest BCUT2D eigenvalue weighted by atomic mass is 10.0. The highest BCUT2D eigenvalue weighted by Gasteiger charge is 2.31. The van der Waals surface area contributed by atoms with Crippen molar-refractivity contribution in [1.29, 1.82) is 0 Å². The Labute approximate surface area is 138 Å². The van der Waals surface area contributed by atoms with Crippen LogP contribution in [0.15, 0.2) is 24.3 Å². The predicted molar refractivity (Wildman–Crippen MR) is 82.0 cm³/mol. The lowest BCUT2D eigenvalue weighted by molar-refractivity contribution is -0.137. The second-order valence-electron chi connectivity index (χ2n) is 5.51. The number of piperidine rings is 1. The Hall–Kier alpha value is -2.49. The standard InChI is InChI=1S/C17H17F3N2O2/c1-2-4-15(23)21-14-5-3-10-22(11-14)16(24)12-6-8-13(9-7-12)17(18,19)20/h6-9,14H,3,5,10-11H2,1H3,(H,21,23). The van der Waals surface area contributed by atoms with Gasteiger partial charge in [0.2, 0.25) is 0 Å². The number of alkyl halides is 3. The average molecular weight is 338 g/mol. The summed E-state index contributed by atoms with van der Waals surface area (Å²) in [6.45, 7) is 2.38. The average Bonchev–Trinajstić information content (AvgIpc) is 2.54. The van der Waals surface area contributed by atoms with E-state index in [4.69, 9.17) is 0 Å². The zero-order valence-electron chi connectivity index (χ0n) is 13.1. The van der Waals surface area contributed by atoms with Crippen molar-refractivity contribution in [3.63, 3.8) is 0 Å². The van der Waals surface area contributed by atoms with Gasteiger partial charge in [-0.1, -0.05) is 5.92 Å². The van der Waals surface area contributed by atoms with E-state index in [1.54, 1.807) is 6.92 Å². The number of carbonyl (C=O) groups is 2. The van der Waals surface area contributed by atoms with E-state index in [2.05, 4.69) is 17.2 Å². The maximum Gasteiger partial charge on any atom is 0.416 e. The van der Waals surface area contributed by atoms with E-state index in [-0.39, 0.29) is 17.5 Å². The number of hydrogen-bond acceptors (Lipinski definition) is 2. The Morgan fingerprint density at radius 2 is 1.92 bits per heavy atom. The van der Waals surface area contributed by atoms with Gasteiger partial charge in [-0.2, -0.15) is 13.2 Å². The van der Waals surface area contributed by atoms with Crippen LogP contribution in [0.2, 0.25) is 0 Å². The number of nitrogens with one attached hydrogen (secondary N) is 1. The van der Waals surface area contributed by atoms with Crippen molar-refractivity contribution in [3.8, 4) is 11.8 Å². The lowest BCUT2D eigenvalue weighted by Gasteiger charge is -2.33. The van der Waals surface area contributed by atoms with Crippen LogP contribution in [0.3, 0.4) is 0 Å². The third-order valence-corrected chi connectivity index (χ3v) is 3.74. The van der Waals surface area contributed by atoms with Gasteiger partial charge >= 0.3 is 6.18 Å². The van der Waals surface area contributed by atoms with Gasteiger partial charge in [-0.3, -0.25) is 9.59 Å². The molecule has 24 heavy (non-hydrogen) atoms. The summed E-state index contributed by atoms with van der Waals surface area (Å²) in [6.07, 6.45) is -2.99. The molecule has 0 saturated carbocycles. The van der Waals surface area contributed by atoms with Crippen LogP contribution in [0.4, 0.5) is 13.2 Å². The molecule has 0 spiro atoms. The van der Waals surface area contributed by atoms with E-state index in [0.717, 1.165) is 18.6 Å².